The van der Waals surface area contributed by atoms with Gasteiger partial charge in [0.15, 0.2) is 0 Å². The average Bonchev–Trinajstić information content (AvgIpc) is 2.93. The highest BCUT2D eigenvalue weighted by atomic mass is 35.5. The molecule has 2 aromatic carbocycles. The van der Waals surface area contributed by atoms with E-state index in [1.807, 2.05) is 12.1 Å². The Hall–Kier alpha value is -1.51. The third kappa shape index (κ3) is 3.07. The molecule has 0 atom stereocenters. The molecule has 0 radical (unpaired) electrons. The van der Waals surface area contributed by atoms with Crippen LogP contribution >= 0.6 is 11.6 Å². The van der Waals surface area contributed by atoms with Crippen LogP contribution in [0.4, 0.5) is 0 Å². The monoisotopic (exact) mass is 301 g/mol. The lowest BCUT2D eigenvalue weighted by molar-refractivity contribution is 0.358. The van der Waals surface area contributed by atoms with Crippen LogP contribution in [0.1, 0.15) is 25.0 Å². The van der Waals surface area contributed by atoms with E-state index in [1.165, 1.54) is 22.3 Å². The lowest BCUT2D eigenvalue weighted by Crippen LogP contribution is -2.22. The highest BCUT2D eigenvalue weighted by Crippen LogP contribution is 2.38. The molecular weight excluding hydrogens is 282 g/mol. The second kappa shape index (κ2) is 6.08. The Morgan fingerprint density at radius 1 is 1.19 bits per heavy atom. The zero-order chi connectivity index (χ0) is 14.8. The summed E-state index contributed by atoms with van der Waals surface area (Å²) in [6, 6.07) is 12.9. The molecule has 0 unspecified atom stereocenters. The summed E-state index contributed by atoms with van der Waals surface area (Å²) in [6.45, 7) is 5.87. The van der Waals surface area contributed by atoms with Crippen LogP contribution in [-0.2, 0) is 13.0 Å². The van der Waals surface area contributed by atoms with Crippen molar-refractivity contribution in [1.29, 1.82) is 0 Å². The molecule has 0 bridgehead atoms. The van der Waals surface area contributed by atoms with E-state index in [2.05, 4.69) is 43.4 Å². The van der Waals surface area contributed by atoms with Gasteiger partial charge in [-0.05, 0) is 28.8 Å². The van der Waals surface area contributed by atoms with Gasteiger partial charge in [-0.2, -0.15) is 0 Å². The summed E-state index contributed by atoms with van der Waals surface area (Å²) in [6.07, 6.45) is 0.996. The van der Waals surface area contributed by atoms with E-state index < -0.39 is 0 Å². The summed E-state index contributed by atoms with van der Waals surface area (Å²) in [7, 11) is 0. The maximum atomic E-state index is 6.18. The smallest absolute Gasteiger partial charge is 0.130 e. The van der Waals surface area contributed by atoms with Crippen molar-refractivity contribution in [3.05, 3.63) is 52.5 Å². The maximum Gasteiger partial charge on any atom is 0.130 e. The van der Waals surface area contributed by atoms with Crippen LogP contribution < -0.4 is 10.1 Å². The fourth-order valence-electron chi connectivity index (χ4n) is 2.71. The van der Waals surface area contributed by atoms with Crippen molar-refractivity contribution in [2.75, 3.05) is 6.61 Å². The third-order valence-corrected chi connectivity index (χ3v) is 4.01. The lowest BCUT2D eigenvalue weighted by atomic mass is 9.96. The van der Waals surface area contributed by atoms with Gasteiger partial charge in [-0.3, -0.25) is 0 Å². The number of rotatable bonds is 4. The van der Waals surface area contributed by atoms with Gasteiger partial charge >= 0.3 is 0 Å². The molecule has 0 saturated heterocycles. The van der Waals surface area contributed by atoms with E-state index in [0.717, 1.165) is 30.3 Å². The Kier molecular flexibility index (Phi) is 4.18. The number of benzene rings is 2. The molecule has 2 aromatic rings. The minimum atomic E-state index is 0.439. The largest absolute Gasteiger partial charge is 0.492 e. The summed E-state index contributed by atoms with van der Waals surface area (Å²) in [4.78, 5) is 0. The number of halogens is 1. The van der Waals surface area contributed by atoms with E-state index in [4.69, 9.17) is 16.3 Å². The first-order valence-electron chi connectivity index (χ1n) is 7.42. The zero-order valence-corrected chi connectivity index (χ0v) is 13.2. The van der Waals surface area contributed by atoms with Crippen molar-refractivity contribution in [2.45, 2.75) is 32.9 Å². The van der Waals surface area contributed by atoms with Gasteiger partial charge in [-0.25, -0.2) is 0 Å². The Bertz CT molecular complexity index is 652. The molecule has 0 saturated carbocycles. The highest BCUT2D eigenvalue weighted by molar-refractivity contribution is 6.30. The number of para-hydroxylation sites is 1. The van der Waals surface area contributed by atoms with Gasteiger partial charge < -0.3 is 10.1 Å². The van der Waals surface area contributed by atoms with Crippen LogP contribution in [0.15, 0.2) is 36.4 Å². The number of hydrogen-bond donors (Lipinski definition) is 1. The van der Waals surface area contributed by atoms with Gasteiger partial charge in [0.2, 0.25) is 0 Å². The standard InChI is InChI=1S/C18H20ClNO/c1-12(2)20-11-14-10-15(19)6-7-16(14)17-5-3-4-13-8-9-21-18(13)17/h3-7,10,12,20H,8-9,11H2,1-2H3. The normalized spacial score (nSPS) is 13.3. The predicted molar refractivity (Wildman–Crippen MR) is 88.1 cm³/mol. The van der Waals surface area contributed by atoms with Gasteiger partial charge in [0, 0.05) is 29.6 Å². The van der Waals surface area contributed by atoms with Crippen LogP contribution in [0.2, 0.25) is 5.02 Å². The molecule has 3 heteroatoms. The van der Waals surface area contributed by atoms with E-state index in [-0.39, 0.29) is 0 Å². The highest BCUT2D eigenvalue weighted by Gasteiger charge is 2.18. The van der Waals surface area contributed by atoms with Crippen molar-refractivity contribution in [3.63, 3.8) is 0 Å². The second-order valence-electron chi connectivity index (χ2n) is 5.73. The summed E-state index contributed by atoms with van der Waals surface area (Å²) >= 11 is 6.18. The Morgan fingerprint density at radius 2 is 2.05 bits per heavy atom. The molecule has 0 aliphatic carbocycles. The molecular formula is C18H20ClNO. The molecule has 1 aliphatic heterocycles. The quantitative estimate of drug-likeness (QED) is 0.901. The summed E-state index contributed by atoms with van der Waals surface area (Å²) in [5.41, 5.74) is 4.87. The summed E-state index contributed by atoms with van der Waals surface area (Å²) in [5, 5.41) is 4.24. The van der Waals surface area contributed by atoms with Gasteiger partial charge in [-0.15, -0.1) is 0 Å². The first-order valence-corrected chi connectivity index (χ1v) is 7.80. The van der Waals surface area contributed by atoms with Gasteiger partial charge in [0.25, 0.3) is 0 Å². The minimum Gasteiger partial charge on any atom is -0.492 e. The van der Waals surface area contributed by atoms with E-state index in [0.29, 0.717) is 6.04 Å². The first-order chi connectivity index (χ1) is 10.1. The van der Waals surface area contributed by atoms with Gasteiger partial charge in [0.1, 0.15) is 5.75 Å². The van der Waals surface area contributed by atoms with E-state index >= 15 is 0 Å². The van der Waals surface area contributed by atoms with Crippen LogP contribution in [0.3, 0.4) is 0 Å². The molecule has 3 rings (SSSR count). The second-order valence-corrected chi connectivity index (χ2v) is 6.17. The molecule has 0 spiro atoms. The Labute approximate surface area is 131 Å². The van der Waals surface area contributed by atoms with E-state index in [1.54, 1.807) is 0 Å². The topological polar surface area (TPSA) is 21.3 Å². The van der Waals surface area contributed by atoms with Crippen LogP contribution in [0.25, 0.3) is 11.1 Å². The summed E-state index contributed by atoms with van der Waals surface area (Å²) < 4.78 is 5.84. The van der Waals surface area contributed by atoms with Gasteiger partial charge in [0.05, 0.1) is 6.61 Å². The molecule has 1 aliphatic rings. The van der Waals surface area contributed by atoms with Gasteiger partial charge in [-0.1, -0.05) is 49.7 Å². The number of fused-ring (bicyclic) bond motifs is 1. The molecule has 1 N–H and O–H groups in total. The van der Waals surface area contributed by atoms with Crippen molar-refractivity contribution in [2.24, 2.45) is 0 Å². The number of ether oxygens (including phenoxy) is 1. The number of nitrogens with one attached hydrogen (secondary N) is 1. The van der Waals surface area contributed by atoms with Crippen molar-refractivity contribution >= 4 is 11.6 Å². The zero-order valence-electron chi connectivity index (χ0n) is 12.4. The fourth-order valence-corrected chi connectivity index (χ4v) is 2.91. The van der Waals surface area contributed by atoms with Crippen molar-refractivity contribution < 1.29 is 4.74 Å². The molecule has 1 heterocycles. The van der Waals surface area contributed by atoms with Crippen molar-refractivity contribution in [3.8, 4) is 16.9 Å². The molecule has 0 fully saturated rings. The molecule has 2 nitrogen and oxygen atoms in total. The molecule has 0 amide bonds. The minimum absolute atomic E-state index is 0.439. The van der Waals surface area contributed by atoms with Crippen LogP contribution in [0, 0.1) is 0 Å². The Balaban J connectivity index is 2.04. The lowest BCUT2D eigenvalue weighted by Gasteiger charge is -2.15. The third-order valence-electron chi connectivity index (χ3n) is 3.77. The average molecular weight is 302 g/mol. The molecule has 0 aromatic heterocycles. The molecule has 110 valence electrons. The maximum absolute atomic E-state index is 6.18. The summed E-state index contributed by atoms with van der Waals surface area (Å²) in [5.74, 6) is 1.03. The Morgan fingerprint density at radius 3 is 2.86 bits per heavy atom. The van der Waals surface area contributed by atoms with Crippen molar-refractivity contribution in [1.82, 2.24) is 5.32 Å². The predicted octanol–water partition coefficient (Wildman–Crippen LogP) is 4.44. The SMILES string of the molecule is CC(C)NCc1cc(Cl)ccc1-c1cccc2c1OCC2. The van der Waals surface area contributed by atoms with Crippen LogP contribution in [0.5, 0.6) is 5.75 Å². The molecule has 21 heavy (non-hydrogen) atoms. The van der Waals surface area contributed by atoms with Crippen LogP contribution in [-0.4, -0.2) is 12.6 Å². The fraction of sp³-hybridized carbons (Fsp3) is 0.333. The van der Waals surface area contributed by atoms with E-state index in [9.17, 15) is 0 Å². The number of hydrogen-bond acceptors (Lipinski definition) is 2. The first kappa shape index (κ1) is 14.4.